The number of rotatable bonds is 6. The summed E-state index contributed by atoms with van der Waals surface area (Å²) in [5.74, 6) is 1.50. The van der Waals surface area contributed by atoms with Crippen LogP contribution in [0.2, 0.25) is 0 Å². The molecule has 0 aliphatic rings. The van der Waals surface area contributed by atoms with Crippen LogP contribution in [0.15, 0.2) is 83.9 Å². The van der Waals surface area contributed by atoms with Gasteiger partial charge in [0, 0.05) is 18.0 Å². The molecule has 0 N–H and O–H groups in total. The molecule has 0 unspecified atom stereocenters. The molecule has 0 bridgehead atoms. The Kier molecular flexibility index (Phi) is 5.57. The Morgan fingerprint density at radius 2 is 1.37 bits per heavy atom. The summed E-state index contributed by atoms with van der Waals surface area (Å²) in [7, 11) is 3.24. The fourth-order valence-corrected chi connectivity index (χ4v) is 3.19. The fraction of sp³-hybridized carbons (Fsp3) is 0.125. The van der Waals surface area contributed by atoms with Crippen molar-refractivity contribution in [3.05, 3.63) is 95.0 Å². The summed E-state index contributed by atoms with van der Waals surface area (Å²) in [6.07, 6.45) is 3.41. The lowest BCUT2D eigenvalue weighted by Crippen LogP contribution is -2.25. The van der Waals surface area contributed by atoms with Gasteiger partial charge in [-0.2, -0.15) is 5.10 Å². The van der Waals surface area contributed by atoms with Crippen LogP contribution < -0.4 is 15.0 Å². The lowest BCUT2D eigenvalue weighted by molar-refractivity contribution is 0.415. The molecule has 4 rings (SSSR count). The molecular formula is C24H21N3O3. The van der Waals surface area contributed by atoms with E-state index in [9.17, 15) is 4.79 Å². The predicted octanol–water partition coefficient (Wildman–Crippen LogP) is 4.04. The minimum atomic E-state index is -0.158. The molecule has 0 spiro atoms. The van der Waals surface area contributed by atoms with Gasteiger partial charge < -0.3 is 9.47 Å². The third kappa shape index (κ3) is 4.07. The van der Waals surface area contributed by atoms with E-state index in [1.54, 1.807) is 26.6 Å². The van der Waals surface area contributed by atoms with Gasteiger partial charge >= 0.3 is 0 Å². The van der Waals surface area contributed by atoms with Crippen LogP contribution in [0.5, 0.6) is 11.5 Å². The van der Waals surface area contributed by atoms with Gasteiger partial charge in [-0.15, -0.1) is 0 Å². The normalized spacial score (nSPS) is 10.6. The van der Waals surface area contributed by atoms with Crippen LogP contribution in [-0.4, -0.2) is 29.0 Å². The zero-order chi connectivity index (χ0) is 20.9. The molecule has 0 saturated carbocycles. The SMILES string of the molecule is COc1ccc(-c2cc(-c3ccc(OC)cc3)c(=O)n(Cc3ccncc3)n2)cc1. The van der Waals surface area contributed by atoms with E-state index < -0.39 is 0 Å². The number of nitrogens with zero attached hydrogens (tertiary/aromatic N) is 3. The van der Waals surface area contributed by atoms with Crippen LogP contribution in [0.1, 0.15) is 5.56 Å². The molecule has 0 atom stereocenters. The van der Waals surface area contributed by atoms with Crippen molar-refractivity contribution in [2.75, 3.05) is 14.2 Å². The van der Waals surface area contributed by atoms with Crippen LogP contribution in [0.25, 0.3) is 22.4 Å². The Labute approximate surface area is 174 Å². The summed E-state index contributed by atoms with van der Waals surface area (Å²) in [5.41, 5.74) is 3.78. The molecule has 30 heavy (non-hydrogen) atoms. The van der Waals surface area contributed by atoms with Crippen LogP contribution in [0.4, 0.5) is 0 Å². The molecule has 150 valence electrons. The molecule has 4 aromatic rings. The molecule has 0 aliphatic heterocycles. The van der Waals surface area contributed by atoms with Crippen LogP contribution >= 0.6 is 0 Å². The van der Waals surface area contributed by atoms with E-state index in [0.717, 1.165) is 28.2 Å². The van der Waals surface area contributed by atoms with Crippen LogP contribution in [0.3, 0.4) is 0 Å². The van der Waals surface area contributed by atoms with Crippen molar-refractivity contribution >= 4 is 0 Å². The van der Waals surface area contributed by atoms with E-state index in [0.29, 0.717) is 17.8 Å². The average Bonchev–Trinajstić information content (AvgIpc) is 2.81. The molecule has 2 aromatic carbocycles. The largest absolute Gasteiger partial charge is 0.497 e. The highest BCUT2D eigenvalue weighted by Gasteiger charge is 2.13. The first-order valence-corrected chi connectivity index (χ1v) is 9.48. The standard InChI is InChI=1S/C24H21N3O3/c1-29-20-7-3-18(4-8-20)22-15-23(19-5-9-21(30-2)10-6-19)26-27(24(22)28)16-17-11-13-25-14-12-17/h3-15H,16H2,1-2H3. The Balaban J connectivity index is 1.84. The average molecular weight is 399 g/mol. The minimum absolute atomic E-state index is 0.158. The third-order valence-corrected chi connectivity index (χ3v) is 4.84. The molecular weight excluding hydrogens is 378 g/mol. The van der Waals surface area contributed by atoms with Gasteiger partial charge in [-0.05, 0) is 65.7 Å². The molecule has 0 amide bonds. The van der Waals surface area contributed by atoms with E-state index in [2.05, 4.69) is 10.1 Å². The second-order valence-corrected chi connectivity index (χ2v) is 6.72. The van der Waals surface area contributed by atoms with Crippen molar-refractivity contribution in [3.63, 3.8) is 0 Å². The Morgan fingerprint density at radius 1 is 0.800 bits per heavy atom. The van der Waals surface area contributed by atoms with Gasteiger partial charge in [0.15, 0.2) is 0 Å². The van der Waals surface area contributed by atoms with Crippen LogP contribution in [0, 0.1) is 0 Å². The zero-order valence-corrected chi connectivity index (χ0v) is 16.8. The maximum atomic E-state index is 13.2. The third-order valence-electron chi connectivity index (χ3n) is 4.84. The van der Waals surface area contributed by atoms with Crippen molar-refractivity contribution in [1.82, 2.24) is 14.8 Å². The molecule has 6 heteroatoms. The number of methoxy groups -OCH3 is 2. The molecule has 0 aliphatic carbocycles. The predicted molar refractivity (Wildman–Crippen MR) is 116 cm³/mol. The number of pyridine rings is 1. The summed E-state index contributed by atoms with van der Waals surface area (Å²) in [6.45, 7) is 0.356. The van der Waals surface area contributed by atoms with Crippen molar-refractivity contribution in [2.24, 2.45) is 0 Å². The molecule has 0 radical (unpaired) electrons. The van der Waals surface area contributed by atoms with Crippen molar-refractivity contribution < 1.29 is 9.47 Å². The Morgan fingerprint density at radius 3 is 1.93 bits per heavy atom. The first-order chi connectivity index (χ1) is 14.7. The molecule has 0 fully saturated rings. The second kappa shape index (κ2) is 8.61. The Bertz CT molecular complexity index is 1190. The van der Waals surface area contributed by atoms with Crippen molar-refractivity contribution in [1.29, 1.82) is 0 Å². The van der Waals surface area contributed by atoms with E-state index in [-0.39, 0.29) is 5.56 Å². The molecule has 2 heterocycles. The highest BCUT2D eigenvalue weighted by Crippen LogP contribution is 2.25. The lowest BCUT2D eigenvalue weighted by atomic mass is 10.0. The van der Waals surface area contributed by atoms with Crippen LogP contribution in [-0.2, 0) is 6.54 Å². The van der Waals surface area contributed by atoms with Gasteiger partial charge in [-0.25, -0.2) is 4.68 Å². The zero-order valence-electron chi connectivity index (χ0n) is 16.8. The number of hydrogen-bond donors (Lipinski definition) is 0. The van der Waals surface area contributed by atoms with Gasteiger partial charge in [-0.3, -0.25) is 9.78 Å². The summed E-state index contributed by atoms with van der Waals surface area (Å²) in [4.78, 5) is 17.3. The van der Waals surface area contributed by atoms with Gasteiger partial charge in [0.05, 0.1) is 32.0 Å². The van der Waals surface area contributed by atoms with Crippen molar-refractivity contribution in [3.8, 4) is 33.9 Å². The fourth-order valence-electron chi connectivity index (χ4n) is 3.19. The Hall–Kier alpha value is -3.93. The maximum Gasteiger partial charge on any atom is 0.274 e. The first-order valence-electron chi connectivity index (χ1n) is 9.48. The molecule has 0 saturated heterocycles. The van der Waals surface area contributed by atoms with Gasteiger partial charge in [0.1, 0.15) is 11.5 Å². The molecule has 2 aromatic heterocycles. The van der Waals surface area contributed by atoms with Gasteiger partial charge in [0.25, 0.3) is 5.56 Å². The van der Waals surface area contributed by atoms with Gasteiger partial charge in [0.2, 0.25) is 0 Å². The van der Waals surface area contributed by atoms with E-state index in [1.165, 1.54) is 4.68 Å². The van der Waals surface area contributed by atoms with Gasteiger partial charge in [-0.1, -0.05) is 12.1 Å². The number of ether oxygens (including phenoxy) is 2. The minimum Gasteiger partial charge on any atom is -0.497 e. The summed E-state index contributed by atoms with van der Waals surface area (Å²) >= 11 is 0. The summed E-state index contributed by atoms with van der Waals surface area (Å²) in [5, 5.41) is 4.63. The number of hydrogen-bond acceptors (Lipinski definition) is 5. The second-order valence-electron chi connectivity index (χ2n) is 6.72. The summed E-state index contributed by atoms with van der Waals surface area (Å²) in [6, 6.07) is 20.6. The highest BCUT2D eigenvalue weighted by molar-refractivity contribution is 5.70. The monoisotopic (exact) mass is 399 g/mol. The number of aromatic nitrogens is 3. The maximum absolute atomic E-state index is 13.2. The topological polar surface area (TPSA) is 66.2 Å². The highest BCUT2D eigenvalue weighted by atomic mass is 16.5. The lowest BCUT2D eigenvalue weighted by Gasteiger charge is -2.12. The van der Waals surface area contributed by atoms with E-state index >= 15 is 0 Å². The smallest absolute Gasteiger partial charge is 0.274 e. The van der Waals surface area contributed by atoms with E-state index in [1.807, 2.05) is 66.7 Å². The molecule has 6 nitrogen and oxygen atoms in total. The number of benzene rings is 2. The first kappa shape index (κ1) is 19.4. The van der Waals surface area contributed by atoms with E-state index in [4.69, 9.17) is 9.47 Å². The quantitative estimate of drug-likeness (QED) is 0.490. The summed E-state index contributed by atoms with van der Waals surface area (Å²) < 4.78 is 12.0. The van der Waals surface area contributed by atoms with Crippen molar-refractivity contribution in [2.45, 2.75) is 6.54 Å².